The molecule has 1 N–H and O–H groups in total. The molecule has 1 aliphatic carbocycles. The summed E-state index contributed by atoms with van der Waals surface area (Å²) in [6.07, 6.45) is -1.01. The first-order valence-corrected chi connectivity index (χ1v) is 11.0. The molecule has 174 valence electrons. The van der Waals surface area contributed by atoms with Crippen LogP contribution in [0, 0.1) is 23.2 Å². The van der Waals surface area contributed by atoms with Crippen molar-refractivity contribution in [1.82, 2.24) is 9.80 Å². The highest BCUT2D eigenvalue weighted by molar-refractivity contribution is 5.85. The van der Waals surface area contributed by atoms with Crippen LogP contribution in [0.1, 0.15) is 36.4 Å². The number of likely N-dealkylation sites (tertiary alicyclic amines) is 1. The van der Waals surface area contributed by atoms with Gasteiger partial charge < -0.3 is 10.0 Å². The van der Waals surface area contributed by atoms with Crippen LogP contribution in [0.4, 0.5) is 17.6 Å². The minimum atomic E-state index is -5.06. The zero-order chi connectivity index (χ0) is 23.5. The maximum Gasteiger partial charge on any atom is 0.437 e. The zero-order valence-corrected chi connectivity index (χ0v) is 17.7. The van der Waals surface area contributed by atoms with Gasteiger partial charge >= 0.3 is 6.18 Å². The Labute approximate surface area is 188 Å². The number of rotatable bonds is 3. The number of carbonyl (C=O) groups excluding carboxylic acids is 1. The number of hydrogen-bond acceptors (Lipinski definition) is 4. The van der Waals surface area contributed by atoms with Crippen molar-refractivity contribution in [1.29, 1.82) is 5.26 Å². The first-order valence-electron chi connectivity index (χ1n) is 11.0. The van der Waals surface area contributed by atoms with Gasteiger partial charge in [-0.05, 0) is 42.7 Å². The van der Waals surface area contributed by atoms with Gasteiger partial charge in [0.1, 0.15) is 6.17 Å². The minimum Gasteiger partial charge on any atom is -0.363 e. The SMILES string of the molecule is N#Cc1ccc([C@H]2[C@H]3C(=O)N(CC4=CCC(F)C=C4)[C@](O)(C(F)(F)F)[C@H]3[C@@H]3CCCN32)cc1. The second-order valence-corrected chi connectivity index (χ2v) is 9.22. The third kappa shape index (κ3) is 3.22. The van der Waals surface area contributed by atoms with Crippen molar-refractivity contribution < 1.29 is 27.5 Å². The molecule has 9 heteroatoms. The quantitative estimate of drug-likeness (QED) is 0.699. The van der Waals surface area contributed by atoms with E-state index in [1.165, 1.54) is 18.2 Å². The normalized spacial score (nSPS) is 36.0. The molecular weight excluding hydrogens is 438 g/mol. The molecule has 33 heavy (non-hydrogen) atoms. The fourth-order valence-corrected chi connectivity index (χ4v) is 6.16. The summed E-state index contributed by atoms with van der Waals surface area (Å²) in [7, 11) is 0. The van der Waals surface area contributed by atoms with Gasteiger partial charge in [0.15, 0.2) is 0 Å². The number of hydrogen-bond donors (Lipinski definition) is 1. The second-order valence-electron chi connectivity index (χ2n) is 9.22. The maximum atomic E-state index is 14.5. The van der Waals surface area contributed by atoms with E-state index in [0.717, 1.165) is 0 Å². The van der Waals surface area contributed by atoms with E-state index in [4.69, 9.17) is 5.26 Å². The van der Waals surface area contributed by atoms with Crippen molar-refractivity contribution in [3.05, 3.63) is 59.2 Å². The fraction of sp³-hybridized carbons (Fsp3) is 0.500. The van der Waals surface area contributed by atoms with Gasteiger partial charge in [-0.1, -0.05) is 30.4 Å². The van der Waals surface area contributed by atoms with Crippen molar-refractivity contribution >= 4 is 5.91 Å². The number of benzene rings is 1. The fourth-order valence-electron chi connectivity index (χ4n) is 6.16. The molecule has 1 unspecified atom stereocenters. The smallest absolute Gasteiger partial charge is 0.363 e. The molecule has 1 aromatic carbocycles. The average molecular weight is 461 g/mol. The Hall–Kier alpha value is -2.70. The van der Waals surface area contributed by atoms with E-state index in [1.807, 2.05) is 11.0 Å². The highest BCUT2D eigenvalue weighted by atomic mass is 19.4. The lowest BCUT2D eigenvalue weighted by Gasteiger charge is -2.41. The van der Waals surface area contributed by atoms with Crippen LogP contribution in [0.2, 0.25) is 0 Å². The number of halogens is 4. The molecule has 6 atom stereocenters. The second kappa shape index (κ2) is 7.67. The molecule has 0 saturated carbocycles. The number of carbonyl (C=O) groups is 1. The van der Waals surface area contributed by atoms with Gasteiger partial charge in [0.2, 0.25) is 11.6 Å². The number of amides is 1. The molecule has 3 fully saturated rings. The van der Waals surface area contributed by atoms with Crippen LogP contribution in [0.25, 0.3) is 0 Å². The Bertz CT molecular complexity index is 1060. The van der Waals surface area contributed by atoms with Gasteiger partial charge in [-0.2, -0.15) is 18.4 Å². The molecule has 3 saturated heterocycles. The highest BCUT2D eigenvalue weighted by Gasteiger charge is 2.77. The first-order chi connectivity index (χ1) is 15.7. The third-order valence-corrected chi connectivity index (χ3v) is 7.53. The number of alkyl halides is 4. The number of aliphatic hydroxyl groups is 1. The molecule has 0 aromatic heterocycles. The Morgan fingerprint density at radius 1 is 1.24 bits per heavy atom. The number of allylic oxidation sites excluding steroid dienone is 2. The Morgan fingerprint density at radius 3 is 2.58 bits per heavy atom. The monoisotopic (exact) mass is 461 g/mol. The summed E-state index contributed by atoms with van der Waals surface area (Å²) in [4.78, 5) is 16.1. The van der Waals surface area contributed by atoms with Gasteiger partial charge in [0.05, 0.1) is 17.6 Å². The van der Waals surface area contributed by atoms with Crippen LogP contribution in [0.3, 0.4) is 0 Å². The van der Waals surface area contributed by atoms with Gasteiger partial charge in [-0.15, -0.1) is 0 Å². The van der Waals surface area contributed by atoms with E-state index < -0.39 is 54.4 Å². The molecular formula is C24H23F4N3O2. The van der Waals surface area contributed by atoms with Crippen LogP contribution in [-0.4, -0.2) is 58.0 Å². The van der Waals surface area contributed by atoms with Crippen LogP contribution >= 0.6 is 0 Å². The van der Waals surface area contributed by atoms with Gasteiger partial charge in [-0.3, -0.25) is 9.69 Å². The molecule has 3 aliphatic heterocycles. The summed E-state index contributed by atoms with van der Waals surface area (Å²) in [6.45, 7) is 0.104. The van der Waals surface area contributed by atoms with Gasteiger partial charge in [0.25, 0.3) is 0 Å². The van der Waals surface area contributed by atoms with Crippen LogP contribution < -0.4 is 0 Å². The van der Waals surface area contributed by atoms with Crippen LogP contribution in [-0.2, 0) is 4.79 Å². The Balaban J connectivity index is 1.58. The third-order valence-electron chi connectivity index (χ3n) is 7.53. The van der Waals surface area contributed by atoms with Crippen molar-refractivity contribution in [2.45, 2.75) is 49.4 Å². The van der Waals surface area contributed by atoms with E-state index in [-0.39, 0.29) is 6.42 Å². The molecule has 0 spiro atoms. The maximum absolute atomic E-state index is 14.5. The van der Waals surface area contributed by atoms with E-state index in [2.05, 4.69) is 0 Å². The Kier molecular flexibility index (Phi) is 5.14. The minimum absolute atomic E-state index is 0.0233. The number of fused-ring (bicyclic) bond motifs is 3. The molecule has 0 radical (unpaired) electrons. The molecule has 5 nitrogen and oxygen atoms in total. The van der Waals surface area contributed by atoms with Crippen LogP contribution in [0.15, 0.2) is 48.1 Å². The summed E-state index contributed by atoms with van der Waals surface area (Å²) in [5.41, 5.74) is -1.87. The lowest BCUT2D eigenvalue weighted by atomic mass is 9.80. The van der Waals surface area contributed by atoms with E-state index in [9.17, 15) is 27.5 Å². The summed E-state index contributed by atoms with van der Waals surface area (Å²) in [5, 5.41) is 20.4. The largest absolute Gasteiger partial charge is 0.437 e. The number of nitrogens with zero attached hydrogens (tertiary/aromatic N) is 3. The lowest BCUT2D eigenvalue weighted by molar-refractivity contribution is -0.319. The molecule has 1 amide bonds. The van der Waals surface area contributed by atoms with Crippen molar-refractivity contribution in [2.75, 3.05) is 13.1 Å². The molecule has 1 aromatic rings. The Morgan fingerprint density at radius 2 is 1.97 bits per heavy atom. The molecule has 0 bridgehead atoms. The number of nitriles is 1. The van der Waals surface area contributed by atoms with Crippen molar-refractivity contribution in [3.63, 3.8) is 0 Å². The predicted molar refractivity (Wildman–Crippen MR) is 110 cm³/mol. The van der Waals surface area contributed by atoms with E-state index in [0.29, 0.717) is 41.0 Å². The van der Waals surface area contributed by atoms with Gasteiger partial charge in [0, 0.05) is 31.0 Å². The lowest BCUT2D eigenvalue weighted by Crippen LogP contribution is -2.62. The molecule has 4 aliphatic rings. The predicted octanol–water partition coefficient (Wildman–Crippen LogP) is 3.63. The topological polar surface area (TPSA) is 67.6 Å². The van der Waals surface area contributed by atoms with Crippen molar-refractivity contribution in [2.24, 2.45) is 11.8 Å². The summed E-state index contributed by atoms with van der Waals surface area (Å²) in [5.74, 6) is -3.16. The van der Waals surface area contributed by atoms with E-state index in [1.54, 1.807) is 24.3 Å². The summed E-state index contributed by atoms with van der Waals surface area (Å²) < 4.78 is 57.0. The molecule has 5 rings (SSSR count). The zero-order valence-electron chi connectivity index (χ0n) is 17.7. The summed E-state index contributed by atoms with van der Waals surface area (Å²) >= 11 is 0. The average Bonchev–Trinajstić information content (AvgIpc) is 3.42. The van der Waals surface area contributed by atoms with Crippen molar-refractivity contribution in [3.8, 4) is 6.07 Å². The first kappa shape index (κ1) is 22.1. The van der Waals surface area contributed by atoms with E-state index >= 15 is 0 Å². The molecule has 3 heterocycles. The standard InChI is InChI=1S/C24H23F4N3O2/c25-17-9-5-15(6-10-17)13-31-22(32)19-20(23(31,33)24(26,27)28)18-2-1-11-30(18)21(19)16-7-3-14(12-29)4-8-16/h3-9,17-21,33H,1-2,10-11,13H2/t17?,18-,19-,20-,21-,23+/m0/s1. The van der Waals surface area contributed by atoms with Crippen LogP contribution in [0.5, 0.6) is 0 Å². The summed E-state index contributed by atoms with van der Waals surface area (Å²) in [6, 6.07) is 7.34. The van der Waals surface area contributed by atoms with Gasteiger partial charge in [-0.25, -0.2) is 4.39 Å². The highest BCUT2D eigenvalue weighted by Crippen LogP contribution is 2.61.